The van der Waals surface area contributed by atoms with E-state index in [-0.39, 0.29) is 24.2 Å². The summed E-state index contributed by atoms with van der Waals surface area (Å²) >= 11 is 0. The second kappa shape index (κ2) is 7.49. The second-order valence-electron chi connectivity index (χ2n) is 6.31. The molecule has 0 bridgehead atoms. The molecule has 0 aromatic carbocycles. The van der Waals surface area contributed by atoms with Gasteiger partial charge in [-0.2, -0.15) is 0 Å². The van der Waals surface area contributed by atoms with E-state index in [1.54, 1.807) is 0 Å². The zero-order valence-electron chi connectivity index (χ0n) is 12.1. The third-order valence-electron chi connectivity index (χ3n) is 5.35. The van der Waals surface area contributed by atoms with Crippen molar-refractivity contribution in [1.82, 2.24) is 5.32 Å². The molecule has 2 aliphatic rings. The molecule has 0 spiro atoms. The van der Waals surface area contributed by atoms with Gasteiger partial charge in [-0.15, -0.1) is 12.4 Å². The predicted octanol–water partition coefficient (Wildman–Crippen LogP) is 2.87. The molecule has 0 aliphatic heterocycles. The summed E-state index contributed by atoms with van der Waals surface area (Å²) in [6.07, 6.45) is 9.76. The first kappa shape index (κ1) is 16.8. The largest absolute Gasteiger partial charge is 0.355 e. The SMILES string of the molecule is CCC1(CNC(=O)[C@@H]2CCC[C@@H]2CN)CCCC1.Cl. The van der Waals surface area contributed by atoms with Crippen LogP contribution in [0.25, 0.3) is 0 Å². The minimum Gasteiger partial charge on any atom is -0.355 e. The maximum Gasteiger partial charge on any atom is 0.223 e. The Hall–Kier alpha value is -0.280. The van der Waals surface area contributed by atoms with Crippen molar-refractivity contribution < 1.29 is 4.79 Å². The van der Waals surface area contributed by atoms with E-state index in [9.17, 15) is 4.79 Å². The van der Waals surface area contributed by atoms with E-state index < -0.39 is 0 Å². The molecule has 0 unspecified atom stereocenters. The zero-order valence-corrected chi connectivity index (χ0v) is 12.9. The molecule has 2 rings (SSSR count). The normalized spacial score (nSPS) is 28.9. The Morgan fingerprint density at radius 3 is 2.53 bits per heavy atom. The third kappa shape index (κ3) is 3.85. The number of carbonyl (C=O) groups excluding carboxylic acids is 1. The highest BCUT2D eigenvalue weighted by atomic mass is 35.5. The number of nitrogens with two attached hydrogens (primary N) is 1. The fourth-order valence-corrected chi connectivity index (χ4v) is 3.85. The predicted molar refractivity (Wildman–Crippen MR) is 81.3 cm³/mol. The van der Waals surface area contributed by atoms with Crippen LogP contribution in [-0.4, -0.2) is 19.0 Å². The van der Waals surface area contributed by atoms with Gasteiger partial charge in [-0.3, -0.25) is 4.79 Å². The van der Waals surface area contributed by atoms with Crippen LogP contribution < -0.4 is 11.1 Å². The van der Waals surface area contributed by atoms with E-state index in [0.717, 1.165) is 19.4 Å². The summed E-state index contributed by atoms with van der Waals surface area (Å²) in [5.41, 5.74) is 6.15. The number of carbonyl (C=O) groups is 1. The Balaban J connectivity index is 0.00000180. The number of amides is 1. The average Bonchev–Trinajstić information content (AvgIpc) is 3.05. The van der Waals surface area contributed by atoms with Gasteiger partial charge in [-0.05, 0) is 50.0 Å². The molecule has 0 radical (unpaired) electrons. The zero-order chi connectivity index (χ0) is 13.0. The molecule has 2 fully saturated rings. The fraction of sp³-hybridized carbons (Fsp3) is 0.933. The topological polar surface area (TPSA) is 55.1 Å². The van der Waals surface area contributed by atoms with Gasteiger partial charge in [0.2, 0.25) is 5.91 Å². The number of halogens is 1. The third-order valence-corrected chi connectivity index (χ3v) is 5.35. The van der Waals surface area contributed by atoms with Crippen molar-refractivity contribution >= 4 is 18.3 Å². The van der Waals surface area contributed by atoms with Gasteiger partial charge in [-0.1, -0.05) is 26.2 Å². The molecule has 0 saturated heterocycles. The summed E-state index contributed by atoms with van der Waals surface area (Å²) < 4.78 is 0. The maximum absolute atomic E-state index is 12.3. The van der Waals surface area contributed by atoms with E-state index in [1.807, 2.05) is 0 Å². The lowest BCUT2D eigenvalue weighted by Crippen LogP contribution is -2.40. The lowest BCUT2D eigenvalue weighted by molar-refractivity contribution is -0.126. The van der Waals surface area contributed by atoms with Gasteiger partial charge in [0.25, 0.3) is 0 Å². The van der Waals surface area contributed by atoms with Gasteiger partial charge < -0.3 is 11.1 Å². The first-order valence-electron chi connectivity index (χ1n) is 7.68. The van der Waals surface area contributed by atoms with E-state index in [2.05, 4.69) is 12.2 Å². The molecule has 2 aliphatic carbocycles. The minimum absolute atomic E-state index is 0. The first-order chi connectivity index (χ1) is 8.71. The summed E-state index contributed by atoms with van der Waals surface area (Å²) in [7, 11) is 0. The molecule has 112 valence electrons. The van der Waals surface area contributed by atoms with E-state index in [1.165, 1.54) is 38.5 Å². The van der Waals surface area contributed by atoms with Crippen LogP contribution in [0, 0.1) is 17.3 Å². The molecule has 1 amide bonds. The highest BCUT2D eigenvalue weighted by Gasteiger charge is 2.35. The molecular weight excluding hydrogens is 260 g/mol. The van der Waals surface area contributed by atoms with Crippen molar-refractivity contribution in [2.45, 2.75) is 58.3 Å². The Labute approximate surface area is 123 Å². The Kier molecular flexibility index (Phi) is 6.61. The van der Waals surface area contributed by atoms with E-state index in [4.69, 9.17) is 5.73 Å². The van der Waals surface area contributed by atoms with Gasteiger partial charge in [-0.25, -0.2) is 0 Å². The smallest absolute Gasteiger partial charge is 0.223 e. The van der Waals surface area contributed by atoms with E-state index in [0.29, 0.717) is 17.9 Å². The van der Waals surface area contributed by atoms with Crippen LogP contribution in [-0.2, 0) is 4.79 Å². The molecule has 3 N–H and O–H groups in total. The first-order valence-corrected chi connectivity index (χ1v) is 7.68. The molecule has 0 aromatic heterocycles. The standard InChI is InChI=1S/C15H28N2O.ClH/c1-2-15(8-3-4-9-15)11-17-14(18)13-7-5-6-12(13)10-16;/h12-13H,2-11,16H2,1H3,(H,17,18);1H/t12-,13-;/m1./s1. The molecule has 2 atom stereocenters. The molecule has 0 aromatic rings. The van der Waals surface area contributed by atoms with Gasteiger partial charge in [0.15, 0.2) is 0 Å². The second-order valence-corrected chi connectivity index (χ2v) is 6.31. The number of nitrogens with one attached hydrogen (secondary N) is 1. The lowest BCUT2D eigenvalue weighted by Gasteiger charge is -2.29. The highest BCUT2D eigenvalue weighted by Crippen LogP contribution is 2.40. The average molecular weight is 289 g/mol. The monoisotopic (exact) mass is 288 g/mol. The van der Waals surface area contributed by atoms with Crippen LogP contribution in [0.15, 0.2) is 0 Å². The minimum atomic E-state index is 0. The molecule has 0 heterocycles. The van der Waals surface area contributed by atoms with Gasteiger partial charge >= 0.3 is 0 Å². The fourth-order valence-electron chi connectivity index (χ4n) is 3.85. The van der Waals surface area contributed by atoms with Crippen LogP contribution in [0.2, 0.25) is 0 Å². The quantitative estimate of drug-likeness (QED) is 0.817. The van der Waals surface area contributed by atoms with Crippen molar-refractivity contribution in [3.05, 3.63) is 0 Å². The van der Waals surface area contributed by atoms with Crippen molar-refractivity contribution in [2.24, 2.45) is 23.0 Å². The van der Waals surface area contributed by atoms with Crippen molar-refractivity contribution in [2.75, 3.05) is 13.1 Å². The number of hydrogen-bond acceptors (Lipinski definition) is 2. The van der Waals surface area contributed by atoms with E-state index >= 15 is 0 Å². The molecular formula is C15H29ClN2O. The summed E-state index contributed by atoms with van der Waals surface area (Å²) in [5.74, 6) is 0.874. The number of rotatable bonds is 5. The maximum atomic E-state index is 12.3. The Bertz CT molecular complexity index is 290. The highest BCUT2D eigenvalue weighted by molar-refractivity contribution is 5.85. The van der Waals surface area contributed by atoms with Crippen LogP contribution in [0.1, 0.15) is 58.3 Å². The van der Waals surface area contributed by atoms with Gasteiger partial charge in [0.05, 0.1) is 0 Å². The summed E-state index contributed by atoms with van der Waals surface area (Å²) in [6.45, 7) is 3.81. The lowest BCUT2D eigenvalue weighted by atomic mass is 9.83. The Morgan fingerprint density at radius 1 is 1.26 bits per heavy atom. The molecule has 2 saturated carbocycles. The van der Waals surface area contributed by atoms with Crippen LogP contribution >= 0.6 is 12.4 Å². The van der Waals surface area contributed by atoms with Crippen LogP contribution in [0.3, 0.4) is 0 Å². The van der Waals surface area contributed by atoms with Gasteiger partial charge in [0.1, 0.15) is 0 Å². The molecule has 3 nitrogen and oxygen atoms in total. The van der Waals surface area contributed by atoms with Crippen LogP contribution in [0.5, 0.6) is 0 Å². The molecule has 19 heavy (non-hydrogen) atoms. The summed E-state index contributed by atoms with van der Waals surface area (Å²) in [5, 5.41) is 3.23. The number of hydrogen-bond donors (Lipinski definition) is 2. The van der Waals surface area contributed by atoms with Crippen molar-refractivity contribution in [1.29, 1.82) is 0 Å². The Morgan fingerprint density at radius 2 is 1.95 bits per heavy atom. The summed E-state index contributed by atoms with van der Waals surface area (Å²) in [6, 6.07) is 0. The summed E-state index contributed by atoms with van der Waals surface area (Å²) in [4.78, 5) is 12.3. The van der Waals surface area contributed by atoms with Gasteiger partial charge in [0, 0.05) is 12.5 Å². The molecule has 4 heteroatoms. The van der Waals surface area contributed by atoms with Crippen LogP contribution in [0.4, 0.5) is 0 Å². The van der Waals surface area contributed by atoms with Crippen molar-refractivity contribution in [3.8, 4) is 0 Å². The van der Waals surface area contributed by atoms with Crippen molar-refractivity contribution in [3.63, 3.8) is 0 Å².